The second-order valence-corrected chi connectivity index (χ2v) is 6.56. The van der Waals surface area contributed by atoms with Crippen molar-refractivity contribution in [1.82, 2.24) is 14.3 Å². The van der Waals surface area contributed by atoms with Gasteiger partial charge in [-0.2, -0.15) is 9.38 Å². The van der Waals surface area contributed by atoms with Crippen LogP contribution in [0.5, 0.6) is 5.75 Å². The molecule has 150 valence electrons. The molecule has 0 spiro atoms. The van der Waals surface area contributed by atoms with Gasteiger partial charge in [0.2, 0.25) is 11.5 Å². The molecule has 1 aliphatic rings. The highest BCUT2D eigenvalue weighted by atomic mass is 19.1. The highest BCUT2D eigenvalue weighted by Crippen LogP contribution is 2.29. The first-order valence-corrected chi connectivity index (χ1v) is 9.05. The maximum absolute atomic E-state index is 12.9. The molecule has 9 nitrogen and oxygen atoms in total. The number of halogens is 1. The second-order valence-electron chi connectivity index (χ2n) is 6.56. The molecule has 0 saturated carbocycles. The normalized spacial score (nSPS) is 14.2. The van der Waals surface area contributed by atoms with Gasteiger partial charge in [0.15, 0.2) is 6.61 Å². The number of aromatic nitrogens is 2. The van der Waals surface area contributed by atoms with Gasteiger partial charge in [-0.3, -0.25) is 4.79 Å². The van der Waals surface area contributed by atoms with Gasteiger partial charge in [-0.25, -0.2) is 4.39 Å². The molecule has 10 heteroatoms. The summed E-state index contributed by atoms with van der Waals surface area (Å²) in [6.45, 7) is 1.49. The molecule has 0 atom stereocenters. The van der Waals surface area contributed by atoms with Crippen LogP contribution in [0.15, 0.2) is 48.7 Å². The number of amides is 1. The summed E-state index contributed by atoms with van der Waals surface area (Å²) in [6, 6.07) is 10.6. The summed E-state index contributed by atoms with van der Waals surface area (Å²) in [7, 11) is 0. The minimum absolute atomic E-state index is 0.0833. The van der Waals surface area contributed by atoms with E-state index in [4.69, 9.17) is 4.74 Å². The zero-order chi connectivity index (χ0) is 20.4. The van der Waals surface area contributed by atoms with Crippen molar-refractivity contribution in [2.75, 3.05) is 37.7 Å². The Kier molecular flexibility index (Phi) is 4.98. The Balaban J connectivity index is 1.40. The van der Waals surface area contributed by atoms with Crippen molar-refractivity contribution in [1.29, 1.82) is 0 Å². The number of imidazole rings is 1. The van der Waals surface area contributed by atoms with Crippen molar-refractivity contribution < 1.29 is 18.8 Å². The third kappa shape index (κ3) is 3.82. The van der Waals surface area contributed by atoms with Gasteiger partial charge in [-0.05, 0) is 35.3 Å². The van der Waals surface area contributed by atoms with Crippen LogP contribution in [-0.4, -0.2) is 57.9 Å². The Hall–Kier alpha value is -3.69. The van der Waals surface area contributed by atoms with E-state index in [0.717, 1.165) is 0 Å². The molecular weight excluding hydrogens is 381 g/mol. The predicted molar refractivity (Wildman–Crippen MR) is 103 cm³/mol. The molecule has 2 aromatic heterocycles. The number of hydrogen-bond acceptors (Lipinski definition) is 6. The van der Waals surface area contributed by atoms with Crippen LogP contribution in [0.2, 0.25) is 0 Å². The fourth-order valence-electron chi connectivity index (χ4n) is 3.29. The number of pyridine rings is 1. The van der Waals surface area contributed by atoms with E-state index in [2.05, 4.69) is 4.98 Å². The molecule has 3 heterocycles. The first kappa shape index (κ1) is 18.7. The molecule has 3 aromatic rings. The minimum atomic E-state index is -0.441. The molecule has 0 unspecified atom stereocenters. The number of benzene rings is 1. The Bertz CT molecular complexity index is 1040. The van der Waals surface area contributed by atoms with Gasteiger partial charge >= 0.3 is 5.82 Å². The average molecular weight is 399 g/mol. The van der Waals surface area contributed by atoms with E-state index in [1.165, 1.54) is 28.7 Å². The van der Waals surface area contributed by atoms with Crippen LogP contribution in [0.4, 0.5) is 16.0 Å². The molecule has 0 aliphatic carbocycles. The third-order valence-corrected chi connectivity index (χ3v) is 4.77. The van der Waals surface area contributed by atoms with E-state index < -0.39 is 4.92 Å². The van der Waals surface area contributed by atoms with Crippen LogP contribution < -0.4 is 9.64 Å². The fraction of sp³-hybridized carbons (Fsp3) is 0.263. The Labute approximate surface area is 165 Å². The maximum atomic E-state index is 12.9. The summed E-state index contributed by atoms with van der Waals surface area (Å²) in [5.41, 5.74) is 0.500. The topological polar surface area (TPSA) is 93.2 Å². The third-order valence-electron chi connectivity index (χ3n) is 4.77. The number of nitro groups is 1. The van der Waals surface area contributed by atoms with Crippen LogP contribution in [0.1, 0.15) is 0 Å². The first-order chi connectivity index (χ1) is 14.0. The monoisotopic (exact) mass is 399 g/mol. The van der Waals surface area contributed by atoms with Gasteiger partial charge in [-0.1, -0.05) is 6.07 Å². The average Bonchev–Trinajstić information content (AvgIpc) is 3.13. The number of ether oxygens (including phenoxy) is 1. The van der Waals surface area contributed by atoms with Gasteiger partial charge in [0, 0.05) is 32.2 Å². The predicted octanol–water partition coefficient (Wildman–Crippen LogP) is 2.11. The van der Waals surface area contributed by atoms with Crippen molar-refractivity contribution >= 4 is 23.2 Å². The van der Waals surface area contributed by atoms with E-state index in [9.17, 15) is 19.3 Å². The number of anilines is 1. The highest BCUT2D eigenvalue weighted by Gasteiger charge is 2.30. The number of fused-ring (bicyclic) bond motifs is 1. The molecule has 0 N–H and O–H groups in total. The SMILES string of the molecule is O=C(COc1ccc(F)cc1)N1CCN(c2nc3ccccn3c2[N+](=O)[O-])CC1. The molecule has 0 radical (unpaired) electrons. The van der Waals surface area contributed by atoms with Crippen molar-refractivity contribution in [3.8, 4) is 5.75 Å². The number of carbonyl (C=O) groups is 1. The van der Waals surface area contributed by atoms with Gasteiger partial charge in [0.05, 0.1) is 6.20 Å². The summed E-state index contributed by atoms with van der Waals surface area (Å²) in [6.07, 6.45) is 1.61. The van der Waals surface area contributed by atoms with E-state index in [-0.39, 0.29) is 24.1 Å². The Morgan fingerprint density at radius 1 is 1.14 bits per heavy atom. The summed E-state index contributed by atoms with van der Waals surface area (Å²) >= 11 is 0. The lowest BCUT2D eigenvalue weighted by atomic mass is 10.3. The lowest BCUT2D eigenvalue weighted by molar-refractivity contribution is -0.389. The van der Waals surface area contributed by atoms with Gasteiger partial charge in [0.25, 0.3) is 5.91 Å². The fourth-order valence-corrected chi connectivity index (χ4v) is 3.29. The van der Waals surface area contributed by atoms with E-state index in [1.807, 2.05) is 4.90 Å². The lowest BCUT2D eigenvalue weighted by Gasteiger charge is -2.34. The maximum Gasteiger partial charge on any atom is 0.372 e. The molecular formula is C19H18FN5O4. The van der Waals surface area contributed by atoms with E-state index >= 15 is 0 Å². The van der Waals surface area contributed by atoms with Crippen LogP contribution in [0.25, 0.3) is 5.65 Å². The summed E-state index contributed by atoms with van der Waals surface area (Å²) < 4.78 is 19.8. The standard InChI is InChI=1S/C19H18FN5O4/c20-14-4-6-15(7-5-14)29-13-17(26)22-9-11-23(12-10-22)18-19(25(27)28)24-8-2-1-3-16(24)21-18/h1-8H,9-13H2. The summed E-state index contributed by atoms with van der Waals surface area (Å²) in [5, 5.41) is 11.6. The van der Waals surface area contributed by atoms with Crippen molar-refractivity contribution in [2.45, 2.75) is 0 Å². The smallest absolute Gasteiger partial charge is 0.372 e. The number of nitrogens with zero attached hydrogens (tertiary/aromatic N) is 5. The molecule has 1 aromatic carbocycles. The van der Waals surface area contributed by atoms with Crippen LogP contribution >= 0.6 is 0 Å². The second kappa shape index (κ2) is 7.74. The number of piperazine rings is 1. The van der Waals surface area contributed by atoms with E-state index in [1.54, 1.807) is 29.3 Å². The van der Waals surface area contributed by atoms with Crippen molar-refractivity contribution in [2.24, 2.45) is 0 Å². The molecule has 1 amide bonds. The molecule has 4 rings (SSSR count). The molecule has 1 aliphatic heterocycles. The van der Waals surface area contributed by atoms with Gasteiger partial charge < -0.3 is 24.7 Å². The highest BCUT2D eigenvalue weighted by molar-refractivity contribution is 5.78. The number of carbonyl (C=O) groups excluding carboxylic acids is 1. The lowest BCUT2D eigenvalue weighted by Crippen LogP contribution is -2.50. The van der Waals surface area contributed by atoms with Crippen molar-refractivity contribution in [3.05, 3.63) is 64.6 Å². The molecule has 1 fully saturated rings. The van der Waals surface area contributed by atoms with Gasteiger partial charge in [-0.15, -0.1) is 0 Å². The first-order valence-electron chi connectivity index (χ1n) is 9.05. The van der Waals surface area contributed by atoms with Gasteiger partial charge in [0.1, 0.15) is 11.6 Å². The molecule has 0 bridgehead atoms. The largest absolute Gasteiger partial charge is 0.484 e. The minimum Gasteiger partial charge on any atom is -0.484 e. The molecule has 1 saturated heterocycles. The zero-order valence-electron chi connectivity index (χ0n) is 15.4. The zero-order valence-corrected chi connectivity index (χ0v) is 15.4. The number of rotatable bonds is 5. The summed E-state index contributed by atoms with van der Waals surface area (Å²) in [4.78, 5) is 31.4. The van der Waals surface area contributed by atoms with Crippen molar-refractivity contribution in [3.63, 3.8) is 0 Å². The van der Waals surface area contributed by atoms with E-state index in [0.29, 0.717) is 43.4 Å². The quantitative estimate of drug-likeness (QED) is 0.482. The molecule has 29 heavy (non-hydrogen) atoms. The Morgan fingerprint density at radius 3 is 2.55 bits per heavy atom. The van der Waals surface area contributed by atoms with Crippen LogP contribution in [-0.2, 0) is 4.79 Å². The number of hydrogen-bond donors (Lipinski definition) is 0. The Morgan fingerprint density at radius 2 is 1.86 bits per heavy atom. The van der Waals surface area contributed by atoms with Crippen LogP contribution in [0.3, 0.4) is 0 Å². The summed E-state index contributed by atoms with van der Waals surface area (Å²) in [5.74, 6) is 0.0638. The van der Waals surface area contributed by atoms with Crippen LogP contribution in [0, 0.1) is 15.9 Å².